The molecule has 0 spiro atoms. The van der Waals surface area contributed by atoms with Gasteiger partial charge in [0.1, 0.15) is 5.78 Å². The van der Waals surface area contributed by atoms with Crippen LogP contribution >= 0.6 is 0 Å². The third-order valence-corrected chi connectivity index (χ3v) is 3.91. The van der Waals surface area contributed by atoms with Crippen LogP contribution in [-0.2, 0) is 4.79 Å². The van der Waals surface area contributed by atoms with Crippen molar-refractivity contribution in [1.82, 2.24) is 0 Å². The van der Waals surface area contributed by atoms with Crippen molar-refractivity contribution < 1.29 is 4.79 Å². The van der Waals surface area contributed by atoms with E-state index < -0.39 is 0 Å². The average molecular weight is 198 g/mol. The summed E-state index contributed by atoms with van der Waals surface area (Å²) in [6.07, 6.45) is 4.96. The molecule has 0 rings (SSSR count). The number of ketones is 1. The summed E-state index contributed by atoms with van der Waals surface area (Å²) in [5.41, 5.74) is -0.0295. The predicted molar refractivity (Wildman–Crippen MR) is 62.4 cm³/mol. The maximum absolute atomic E-state index is 12.1. The van der Waals surface area contributed by atoms with Crippen molar-refractivity contribution in [2.75, 3.05) is 0 Å². The third kappa shape index (κ3) is 2.37. The number of carbonyl (C=O) groups excluding carboxylic acids is 1. The molecule has 0 aromatic rings. The second kappa shape index (κ2) is 6.21. The van der Waals surface area contributed by atoms with Gasteiger partial charge >= 0.3 is 0 Å². The summed E-state index contributed by atoms with van der Waals surface area (Å²) >= 11 is 0. The van der Waals surface area contributed by atoms with Crippen LogP contribution in [0.3, 0.4) is 0 Å². The zero-order chi connectivity index (χ0) is 11.2. The Morgan fingerprint density at radius 3 is 1.64 bits per heavy atom. The third-order valence-electron chi connectivity index (χ3n) is 3.91. The Labute approximate surface area is 89.3 Å². The number of Topliss-reactive ketones (excluding diaryl/α,β-unsaturated/α-hetero) is 1. The lowest BCUT2D eigenvalue weighted by Crippen LogP contribution is -2.37. The lowest BCUT2D eigenvalue weighted by atomic mass is 9.65. The van der Waals surface area contributed by atoms with E-state index in [0.717, 1.165) is 25.7 Å². The van der Waals surface area contributed by atoms with Gasteiger partial charge in [0.2, 0.25) is 0 Å². The van der Waals surface area contributed by atoms with Crippen LogP contribution in [0.4, 0.5) is 0 Å². The molecule has 0 aliphatic carbocycles. The van der Waals surface area contributed by atoms with Gasteiger partial charge in [0.25, 0.3) is 0 Å². The first-order valence-corrected chi connectivity index (χ1v) is 6.16. The Kier molecular flexibility index (Phi) is 6.06. The Hall–Kier alpha value is -0.330. The Balaban J connectivity index is 4.93. The van der Waals surface area contributed by atoms with Gasteiger partial charge in [-0.2, -0.15) is 0 Å². The fraction of sp³-hybridized carbons (Fsp3) is 0.923. The van der Waals surface area contributed by atoms with Crippen LogP contribution in [0.2, 0.25) is 0 Å². The molecule has 1 heteroatoms. The van der Waals surface area contributed by atoms with E-state index in [-0.39, 0.29) is 5.41 Å². The highest BCUT2D eigenvalue weighted by Crippen LogP contribution is 2.40. The molecule has 0 atom stereocenters. The molecule has 1 nitrogen and oxygen atoms in total. The van der Waals surface area contributed by atoms with E-state index in [1.165, 1.54) is 0 Å². The smallest absolute Gasteiger partial charge is 0.139 e. The average Bonchev–Trinajstić information content (AvgIpc) is 2.25. The zero-order valence-corrected chi connectivity index (χ0v) is 10.5. The molecule has 0 saturated heterocycles. The van der Waals surface area contributed by atoms with Gasteiger partial charge in [-0.15, -0.1) is 0 Å². The van der Waals surface area contributed by atoms with Gasteiger partial charge in [-0.3, -0.25) is 4.79 Å². The first kappa shape index (κ1) is 13.7. The van der Waals surface area contributed by atoms with Crippen LogP contribution < -0.4 is 0 Å². The SMILES string of the molecule is CCC(=O)C(CC)(CC)C(CC)CC. The Morgan fingerprint density at radius 1 is 1.00 bits per heavy atom. The molecule has 14 heavy (non-hydrogen) atoms. The molecule has 0 bridgehead atoms. The van der Waals surface area contributed by atoms with Crippen molar-refractivity contribution >= 4 is 5.78 Å². The van der Waals surface area contributed by atoms with Crippen molar-refractivity contribution in [3.63, 3.8) is 0 Å². The topological polar surface area (TPSA) is 17.1 Å². The summed E-state index contributed by atoms with van der Waals surface area (Å²) in [6.45, 7) is 10.7. The van der Waals surface area contributed by atoms with E-state index >= 15 is 0 Å². The molecule has 0 radical (unpaired) electrons. The quantitative estimate of drug-likeness (QED) is 0.599. The molecule has 0 saturated carbocycles. The van der Waals surface area contributed by atoms with Crippen molar-refractivity contribution in [2.45, 2.75) is 66.7 Å². The lowest BCUT2D eigenvalue weighted by Gasteiger charge is -2.37. The molecule has 0 aliphatic rings. The summed E-state index contributed by atoms with van der Waals surface area (Å²) < 4.78 is 0. The molecular weight excluding hydrogens is 172 g/mol. The van der Waals surface area contributed by atoms with E-state index in [1.54, 1.807) is 0 Å². The summed E-state index contributed by atoms with van der Waals surface area (Å²) in [6, 6.07) is 0. The van der Waals surface area contributed by atoms with Crippen molar-refractivity contribution in [3.8, 4) is 0 Å². The minimum Gasteiger partial charge on any atom is -0.299 e. The highest BCUT2D eigenvalue weighted by atomic mass is 16.1. The van der Waals surface area contributed by atoms with E-state index in [2.05, 4.69) is 27.7 Å². The fourth-order valence-electron chi connectivity index (χ4n) is 2.87. The fourth-order valence-corrected chi connectivity index (χ4v) is 2.87. The van der Waals surface area contributed by atoms with Gasteiger partial charge in [-0.05, 0) is 18.8 Å². The minimum atomic E-state index is -0.0295. The number of hydrogen-bond acceptors (Lipinski definition) is 1. The van der Waals surface area contributed by atoms with Gasteiger partial charge in [0.05, 0.1) is 0 Å². The summed E-state index contributed by atoms with van der Waals surface area (Å²) in [4.78, 5) is 12.1. The maximum atomic E-state index is 12.1. The van der Waals surface area contributed by atoms with Crippen molar-refractivity contribution in [1.29, 1.82) is 0 Å². The predicted octanol–water partition coefficient (Wildman–Crippen LogP) is 4.21. The molecule has 0 N–H and O–H groups in total. The van der Waals surface area contributed by atoms with Crippen molar-refractivity contribution in [2.24, 2.45) is 11.3 Å². The van der Waals surface area contributed by atoms with E-state index in [4.69, 9.17) is 0 Å². The molecule has 0 amide bonds. The zero-order valence-electron chi connectivity index (χ0n) is 10.5. The molecule has 0 heterocycles. The maximum Gasteiger partial charge on any atom is 0.139 e. The molecule has 0 aromatic heterocycles. The molecule has 0 aliphatic heterocycles. The monoisotopic (exact) mass is 198 g/mol. The first-order valence-electron chi connectivity index (χ1n) is 6.16. The normalized spacial score (nSPS) is 12.1. The standard InChI is InChI=1S/C13H26O/c1-6-11(7-2)13(9-4,10-5)12(14)8-3/h11H,6-10H2,1-5H3. The van der Waals surface area contributed by atoms with Gasteiger partial charge in [-0.1, -0.05) is 47.5 Å². The first-order chi connectivity index (χ1) is 6.62. The highest BCUT2D eigenvalue weighted by Gasteiger charge is 2.38. The highest BCUT2D eigenvalue weighted by molar-refractivity contribution is 5.84. The van der Waals surface area contributed by atoms with Crippen LogP contribution in [0, 0.1) is 11.3 Å². The number of carbonyl (C=O) groups is 1. The van der Waals surface area contributed by atoms with Crippen LogP contribution in [0.1, 0.15) is 66.7 Å². The van der Waals surface area contributed by atoms with Crippen LogP contribution in [0.5, 0.6) is 0 Å². The molecular formula is C13H26O. The van der Waals surface area contributed by atoms with E-state index in [9.17, 15) is 4.79 Å². The van der Waals surface area contributed by atoms with E-state index in [1.807, 2.05) is 6.92 Å². The van der Waals surface area contributed by atoms with Gasteiger partial charge in [0, 0.05) is 11.8 Å². The summed E-state index contributed by atoms with van der Waals surface area (Å²) in [5, 5.41) is 0. The second-order valence-electron chi connectivity index (χ2n) is 4.15. The van der Waals surface area contributed by atoms with E-state index in [0.29, 0.717) is 18.1 Å². The van der Waals surface area contributed by atoms with Crippen LogP contribution in [-0.4, -0.2) is 5.78 Å². The molecule has 84 valence electrons. The largest absolute Gasteiger partial charge is 0.299 e. The summed E-state index contributed by atoms with van der Waals surface area (Å²) in [5.74, 6) is 1.04. The van der Waals surface area contributed by atoms with Gasteiger partial charge in [0.15, 0.2) is 0 Å². The lowest BCUT2D eigenvalue weighted by molar-refractivity contribution is -0.132. The summed E-state index contributed by atoms with van der Waals surface area (Å²) in [7, 11) is 0. The van der Waals surface area contributed by atoms with Crippen molar-refractivity contribution in [3.05, 3.63) is 0 Å². The van der Waals surface area contributed by atoms with Crippen LogP contribution in [0.15, 0.2) is 0 Å². The molecule has 0 unspecified atom stereocenters. The Bertz CT molecular complexity index is 164. The molecule has 0 fully saturated rings. The minimum absolute atomic E-state index is 0.0295. The van der Waals surface area contributed by atoms with Gasteiger partial charge < -0.3 is 0 Å². The van der Waals surface area contributed by atoms with Gasteiger partial charge in [-0.25, -0.2) is 0 Å². The van der Waals surface area contributed by atoms with Crippen LogP contribution in [0.25, 0.3) is 0 Å². The second-order valence-corrected chi connectivity index (χ2v) is 4.15. The number of hydrogen-bond donors (Lipinski definition) is 0. The molecule has 0 aromatic carbocycles. The Morgan fingerprint density at radius 2 is 1.43 bits per heavy atom. The number of rotatable bonds is 7.